The Morgan fingerprint density at radius 2 is 2.42 bits per heavy atom. The predicted octanol–water partition coefficient (Wildman–Crippen LogP) is 2.58. The fourth-order valence-electron chi connectivity index (χ4n) is 2.76. The number of nitrogens with zero attached hydrogens (tertiary/aromatic N) is 1. The van der Waals surface area contributed by atoms with Crippen LogP contribution in [0.5, 0.6) is 0 Å². The molecule has 1 saturated heterocycles. The summed E-state index contributed by atoms with van der Waals surface area (Å²) in [6.07, 6.45) is 6.55. The summed E-state index contributed by atoms with van der Waals surface area (Å²) in [6, 6.07) is 2.28. The monoisotopic (exact) mass is 263 g/mol. The van der Waals surface area contributed by atoms with E-state index in [1.807, 2.05) is 6.07 Å². The second-order valence-electron chi connectivity index (χ2n) is 5.30. The molecular formula is C15H25N3O. The maximum Gasteiger partial charge on any atom is 0.128 e. The van der Waals surface area contributed by atoms with E-state index in [2.05, 4.69) is 24.1 Å². The van der Waals surface area contributed by atoms with Crippen molar-refractivity contribution in [1.82, 2.24) is 10.3 Å². The molecule has 1 aromatic heterocycles. The Bertz CT molecular complexity index is 382. The fraction of sp³-hybridized carbons (Fsp3) is 0.667. The summed E-state index contributed by atoms with van der Waals surface area (Å²) in [5.74, 6) is 0.645. The van der Waals surface area contributed by atoms with Crippen LogP contribution in [-0.4, -0.2) is 24.2 Å². The lowest BCUT2D eigenvalue weighted by atomic mass is 9.96. The van der Waals surface area contributed by atoms with Crippen LogP contribution in [0.2, 0.25) is 0 Å². The third kappa shape index (κ3) is 3.67. The molecule has 4 nitrogen and oxygen atoms in total. The number of nitrogens with one attached hydrogen (secondary N) is 1. The van der Waals surface area contributed by atoms with Crippen LogP contribution >= 0.6 is 0 Å². The first-order valence-electron chi connectivity index (χ1n) is 7.28. The number of hydrogen-bond acceptors (Lipinski definition) is 4. The Morgan fingerprint density at radius 3 is 3.05 bits per heavy atom. The molecule has 4 heteroatoms. The molecule has 3 N–H and O–H groups in total. The molecule has 2 atom stereocenters. The van der Waals surface area contributed by atoms with Gasteiger partial charge in [-0.05, 0) is 50.8 Å². The third-order valence-corrected chi connectivity index (χ3v) is 3.75. The standard InChI is InChI=1S/C15H25N3O/c1-3-7-17-13(10-12-5-4-9-19-12)14-11(2)6-8-18-15(14)16/h6,8,12-13,17H,3-5,7,9-10H2,1-2H3,(H2,16,18). The fourth-order valence-corrected chi connectivity index (χ4v) is 2.76. The maximum absolute atomic E-state index is 6.08. The first-order valence-corrected chi connectivity index (χ1v) is 7.28. The van der Waals surface area contributed by atoms with Gasteiger partial charge in [-0.2, -0.15) is 0 Å². The lowest BCUT2D eigenvalue weighted by Crippen LogP contribution is -2.27. The highest BCUT2D eigenvalue weighted by Crippen LogP contribution is 2.29. The highest BCUT2D eigenvalue weighted by atomic mass is 16.5. The van der Waals surface area contributed by atoms with Crippen LogP contribution in [0.4, 0.5) is 5.82 Å². The van der Waals surface area contributed by atoms with Crippen molar-refractivity contribution >= 4 is 5.82 Å². The SMILES string of the molecule is CCCNC(CC1CCCO1)c1c(C)ccnc1N. The molecule has 19 heavy (non-hydrogen) atoms. The molecule has 1 fully saturated rings. The molecule has 0 radical (unpaired) electrons. The van der Waals surface area contributed by atoms with Crippen molar-refractivity contribution in [3.05, 3.63) is 23.4 Å². The second-order valence-corrected chi connectivity index (χ2v) is 5.30. The Morgan fingerprint density at radius 1 is 1.58 bits per heavy atom. The first-order chi connectivity index (χ1) is 9.22. The van der Waals surface area contributed by atoms with Gasteiger partial charge in [0.15, 0.2) is 0 Å². The highest BCUT2D eigenvalue weighted by molar-refractivity contribution is 5.46. The average Bonchev–Trinajstić information content (AvgIpc) is 2.88. The zero-order chi connectivity index (χ0) is 13.7. The molecule has 0 amide bonds. The summed E-state index contributed by atoms with van der Waals surface area (Å²) in [4.78, 5) is 4.24. The summed E-state index contributed by atoms with van der Waals surface area (Å²) in [7, 11) is 0. The number of pyridine rings is 1. The lowest BCUT2D eigenvalue weighted by molar-refractivity contribution is 0.0945. The number of anilines is 1. The first kappa shape index (κ1) is 14.3. The van der Waals surface area contributed by atoms with E-state index < -0.39 is 0 Å². The van der Waals surface area contributed by atoms with Crippen LogP contribution in [-0.2, 0) is 4.74 Å². The molecule has 0 bridgehead atoms. The number of aromatic nitrogens is 1. The van der Waals surface area contributed by atoms with Crippen LogP contribution in [0, 0.1) is 6.92 Å². The Kier molecular flexibility index (Phi) is 5.16. The minimum atomic E-state index is 0.247. The number of rotatable bonds is 6. The van der Waals surface area contributed by atoms with Crippen molar-refractivity contribution in [3.63, 3.8) is 0 Å². The second kappa shape index (κ2) is 6.87. The molecule has 0 saturated carbocycles. The molecule has 2 heterocycles. The van der Waals surface area contributed by atoms with Crippen molar-refractivity contribution in [3.8, 4) is 0 Å². The van der Waals surface area contributed by atoms with Gasteiger partial charge in [0.05, 0.1) is 6.10 Å². The van der Waals surface area contributed by atoms with Gasteiger partial charge in [-0.25, -0.2) is 4.98 Å². The van der Waals surface area contributed by atoms with Gasteiger partial charge in [0.1, 0.15) is 5.82 Å². The molecule has 1 aromatic rings. The van der Waals surface area contributed by atoms with Crippen molar-refractivity contribution in [2.45, 2.75) is 51.7 Å². The van der Waals surface area contributed by atoms with Gasteiger partial charge in [-0.15, -0.1) is 0 Å². The molecule has 2 rings (SSSR count). The van der Waals surface area contributed by atoms with E-state index >= 15 is 0 Å². The molecule has 0 aromatic carbocycles. The van der Waals surface area contributed by atoms with Gasteiger partial charge in [0, 0.05) is 24.4 Å². The Hall–Kier alpha value is -1.13. The number of aryl methyl sites for hydroxylation is 1. The number of hydrogen-bond donors (Lipinski definition) is 2. The van der Waals surface area contributed by atoms with Gasteiger partial charge >= 0.3 is 0 Å². The van der Waals surface area contributed by atoms with Crippen LogP contribution < -0.4 is 11.1 Å². The lowest BCUT2D eigenvalue weighted by Gasteiger charge is -2.24. The molecule has 1 aliphatic rings. The van der Waals surface area contributed by atoms with Gasteiger partial charge in [0.2, 0.25) is 0 Å². The molecule has 1 aliphatic heterocycles. The quantitative estimate of drug-likeness (QED) is 0.828. The molecule has 2 unspecified atom stereocenters. The maximum atomic E-state index is 6.08. The van der Waals surface area contributed by atoms with Gasteiger partial charge in [0.25, 0.3) is 0 Å². The van der Waals surface area contributed by atoms with E-state index in [1.54, 1.807) is 6.20 Å². The molecule has 0 spiro atoms. The van der Waals surface area contributed by atoms with Gasteiger partial charge in [-0.3, -0.25) is 0 Å². The summed E-state index contributed by atoms with van der Waals surface area (Å²) >= 11 is 0. The minimum absolute atomic E-state index is 0.247. The van der Waals surface area contributed by atoms with E-state index in [-0.39, 0.29) is 6.04 Å². The predicted molar refractivity (Wildman–Crippen MR) is 78.0 cm³/mol. The molecule has 106 valence electrons. The average molecular weight is 263 g/mol. The summed E-state index contributed by atoms with van der Waals surface area (Å²) < 4.78 is 5.76. The molecular weight excluding hydrogens is 238 g/mol. The summed E-state index contributed by atoms with van der Waals surface area (Å²) in [6.45, 7) is 6.16. The van der Waals surface area contributed by atoms with E-state index in [0.29, 0.717) is 11.9 Å². The van der Waals surface area contributed by atoms with Crippen LogP contribution in [0.15, 0.2) is 12.3 Å². The van der Waals surface area contributed by atoms with E-state index in [4.69, 9.17) is 10.5 Å². The van der Waals surface area contributed by atoms with E-state index in [0.717, 1.165) is 38.0 Å². The normalized spacial score (nSPS) is 20.6. The largest absolute Gasteiger partial charge is 0.383 e. The smallest absolute Gasteiger partial charge is 0.128 e. The Labute approximate surface area is 115 Å². The van der Waals surface area contributed by atoms with E-state index in [1.165, 1.54) is 12.0 Å². The minimum Gasteiger partial charge on any atom is -0.383 e. The van der Waals surface area contributed by atoms with Gasteiger partial charge in [-0.1, -0.05) is 6.92 Å². The number of nitrogen functional groups attached to an aromatic ring is 1. The van der Waals surface area contributed by atoms with Crippen molar-refractivity contribution in [1.29, 1.82) is 0 Å². The van der Waals surface area contributed by atoms with Crippen molar-refractivity contribution in [2.75, 3.05) is 18.9 Å². The number of ether oxygens (including phenoxy) is 1. The number of nitrogens with two attached hydrogens (primary N) is 1. The van der Waals surface area contributed by atoms with Crippen molar-refractivity contribution < 1.29 is 4.74 Å². The van der Waals surface area contributed by atoms with E-state index in [9.17, 15) is 0 Å². The van der Waals surface area contributed by atoms with Gasteiger partial charge < -0.3 is 15.8 Å². The van der Waals surface area contributed by atoms with Crippen LogP contribution in [0.25, 0.3) is 0 Å². The van der Waals surface area contributed by atoms with Crippen LogP contribution in [0.1, 0.15) is 49.8 Å². The zero-order valence-electron chi connectivity index (χ0n) is 12.0. The topological polar surface area (TPSA) is 60.2 Å². The summed E-state index contributed by atoms with van der Waals surface area (Å²) in [5.41, 5.74) is 8.43. The van der Waals surface area contributed by atoms with Crippen molar-refractivity contribution in [2.24, 2.45) is 0 Å². The van der Waals surface area contributed by atoms with Crippen LogP contribution in [0.3, 0.4) is 0 Å². The highest BCUT2D eigenvalue weighted by Gasteiger charge is 2.24. The third-order valence-electron chi connectivity index (χ3n) is 3.75. The Balaban J connectivity index is 2.15. The zero-order valence-corrected chi connectivity index (χ0v) is 12.0. The molecule has 0 aliphatic carbocycles. The summed E-state index contributed by atoms with van der Waals surface area (Å²) in [5, 5.41) is 3.59.